The van der Waals surface area contributed by atoms with Crippen LogP contribution in [0.4, 0.5) is 30.7 Å². The SMILES string of the molecule is C=Nc1ccc(N2C[C@@H](F)C[C@@H]2c2cc(F)ccc2F)nc1/C(=N\C)c1noc(N2CC[C@H](O)C2)n1. The normalized spacial score (nSPS) is 22.5. The highest BCUT2D eigenvalue weighted by Crippen LogP contribution is 2.39. The van der Waals surface area contributed by atoms with E-state index < -0.39 is 30.0 Å². The quantitative estimate of drug-likeness (QED) is 0.519. The van der Waals surface area contributed by atoms with E-state index >= 15 is 0 Å². The van der Waals surface area contributed by atoms with Crippen LogP contribution < -0.4 is 9.80 Å². The Morgan fingerprint density at radius 3 is 2.75 bits per heavy atom. The molecule has 2 aliphatic heterocycles. The van der Waals surface area contributed by atoms with Gasteiger partial charge in [0.05, 0.1) is 24.4 Å². The Balaban J connectivity index is 1.51. The maximum absolute atomic E-state index is 14.6. The predicted molar refractivity (Wildman–Crippen MR) is 128 cm³/mol. The number of aliphatic hydroxyl groups excluding tert-OH is 1. The Morgan fingerprint density at radius 1 is 1.19 bits per heavy atom. The van der Waals surface area contributed by atoms with Crippen molar-refractivity contribution in [1.29, 1.82) is 0 Å². The average molecular weight is 499 g/mol. The van der Waals surface area contributed by atoms with Gasteiger partial charge in [-0.2, -0.15) is 4.98 Å². The monoisotopic (exact) mass is 499 g/mol. The van der Waals surface area contributed by atoms with E-state index in [0.717, 1.165) is 18.2 Å². The Bertz CT molecular complexity index is 1310. The molecular weight excluding hydrogens is 475 g/mol. The third-order valence-electron chi connectivity index (χ3n) is 6.40. The fourth-order valence-corrected chi connectivity index (χ4v) is 4.67. The second-order valence-corrected chi connectivity index (χ2v) is 8.72. The standard InChI is InChI=1S/C24H24F3N7O2/c1-28-18-5-6-20(34-11-14(26)10-19(34)16-9-13(25)3-4-17(16)27)30-21(18)22(29-2)23-31-24(36-32-23)33-8-7-15(35)12-33/h3-6,9,14-15,19,35H,1,7-8,10-12H2,2H3/b29-22+/t14-,15-,19+/m0/s1. The van der Waals surface area contributed by atoms with Crippen molar-refractivity contribution in [3.8, 4) is 0 Å². The lowest BCUT2D eigenvalue weighted by molar-refractivity contribution is 0.197. The number of aromatic nitrogens is 3. The van der Waals surface area contributed by atoms with Crippen molar-refractivity contribution in [3.63, 3.8) is 0 Å². The van der Waals surface area contributed by atoms with Crippen molar-refractivity contribution < 1.29 is 22.8 Å². The summed E-state index contributed by atoms with van der Waals surface area (Å²) < 4.78 is 48.4. The molecule has 0 unspecified atom stereocenters. The molecule has 2 fully saturated rings. The third-order valence-corrected chi connectivity index (χ3v) is 6.40. The van der Waals surface area contributed by atoms with E-state index in [2.05, 4.69) is 31.8 Å². The van der Waals surface area contributed by atoms with Gasteiger partial charge in [-0.15, -0.1) is 0 Å². The fraction of sp³-hybridized carbons (Fsp3) is 0.375. The summed E-state index contributed by atoms with van der Waals surface area (Å²) in [6, 6.07) is 5.90. The minimum atomic E-state index is -1.25. The van der Waals surface area contributed by atoms with Crippen LogP contribution in [0.3, 0.4) is 0 Å². The maximum Gasteiger partial charge on any atom is 0.324 e. The molecule has 0 bridgehead atoms. The van der Waals surface area contributed by atoms with Crippen molar-refractivity contribution in [1.82, 2.24) is 15.1 Å². The number of nitrogens with zero attached hydrogens (tertiary/aromatic N) is 7. The summed E-state index contributed by atoms with van der Waals surface area (Å²) in [5.41, 5.74) is 0.981. The van der Waals surface area contributed by atoms with Crippen LogP contribution >= 0.6 is 0 Å². The summed E-state index contributed by atoms with van der Waals surface area (Å²) in [6.45, 7) is 4.50. The van der Waals surface area contributed by atoms with E-state index in [4.69, 9.17) is 4.52 Å². The molecule has 36 heavy (non-hydrogen) atoms. The van der Waals surface area contributed by atoms with Gasteiger partial charge in [0.2, 0.25) is 5.82 Å². The Kier molecular flexibility index (Phi) is 6.44. The lowest BCUT2D eigenvalue weighted by Crippen LogP contribution is -2.26. The molecule has 188 valence electrons. The molecule has 9 nitrogen and oxygen atoms in total. The Morgan fingerprint density at radius 2 is 2.03 bits per heavy atom. The molecule has 2 aromatic heterocycles. The van der Waals surface area contributed by atoms with Crippen molar-refractivity contribution >= 4 is 29.9 Å². The summed E-state index contributed by atoms with van der Waals surface area (Å²) in [5, 5.41) is 13.8. The Labute approximate surface area is 205 Å². The fourth-order valence-electron chi connectivity index (χ4n) is 4.67. The summed E-state index contributed by atoms with van der Waals surface area (Å²) in [5.74, 6) is -0.737. The van der Waals surface area contributed by atoms with Gasteiger partial charge in [0, 0.05) is 32.1 Å². The van der Waals surface area contributed by atoms with Gasteiger partial charge >= 0.3 is 6.01 Å². The van der Waals surface area contributed by atoms with E-state index in [1.807, 2.05) is 0 Å². The molecule has 0 spiro atoms. The number of alkyl halides is 1. The van der Waals surface area contributed by atoms with Gasteiger partial charge in [0.1, 0.15) is 35.0 Å². The molecule has 0 radical (unpaired) electrons. The zero-order chi connectivity index (χ0) is 25.4. The van der Waals surface area contributed by atoms with Gasteiger partial charge in [-0.3, -0.25) is 9.98 Å². The molecule has 2 saturated heterocycles. The molecule has 1 aromatic carbocycles. The summed E-state index contributed by atoms with van der Waals surface area (Å²) in [7, 11) is 1.53. The summed E-state index contributed by atoms with van der Waals surface area (Å²) in [4.78, 5) is 20.7. The van der Waals surface area contributed by atoms with Gasteiger partial charge in [-0.1, -0.05) is 5.16 Å². The third kappa shape index (κ3) is 4.43. The largest absolute Gasteiger partial charge is 0.391 e. The zero-order valence-corrected chi connectivity index (χ0v) is 19.5. The molecule has 5 rings (SSSR count). The zero-order valence-electron chi connectivity index (χ0n) is 19.5. The number of aliphatic hydroxyl groups is 1. The predicted octanol–water partition coefficient (Wildman–Crippen LogP) is 3.40. The molecular formula is C24H24F3N7O2. The van der Waals surface area contributed by atoms with Crippen molar-refractivity contribution in [2.45, 2.75) is 31.2 Å². The number of rotatable bonds is 6. The minimum absolute atomic E-state index is 0.0105. The van der Waals surface area contributed by atoms with Crippen LogP contribution in [0.25, 0.3) is 0 Å². The van der Waals surface area contributed by atoms with E-state index in [1.54, 1.807) is 21.9 Å². The molecule has 3 aromatic rings. The molecule has 0 saturated carbocycles. The molecule has 2 aliphatic rings. The number of benzene rings is 1. The number of pyridine rings is 1. The van der Waals surface area contributed by atoms with Crippen LogP contribution in [0.1, 0.15) is 36.0 Å². The van der Waals surface area contributed by atoms with E-state index in [0.29, 0.717) is 31.0 Å². The molecule has 0 aliphatic carbocycles. The van der Waals surface area contributed by atoms with E-state index in [1.165, 1.54) is 7.05 Å². The van der Waals surface area contributed by atoms with E-state index in [-0.39, 0.29) is 41.8 Å². The minimum Gasteiger partial charge on any atom is -0.391 e. The van der Waals surface area contributed by atoms with Crippen LogP contribution in [-0.2, 0) is 0 Å². The lowest BCUT2D eigenvalue weighted by Gasteiger charge is -2.26. The Hall–Kier alpha value is -3.80. The van der Waals surface area contributed by atoms with E-state index in [9.17, 15) is 18.3 Å². The van der Waals surface area contributed by atoms with Crippen LogP contribution in [0.2, 0.25) is 0 Å². The number of halogens is 3. The number of β-amino-alcohol motifs (C(OH)–C–C–N with tert-alkyl or cyclic N) is 1. The smallest absolute Gasteiger partial charge is 0.324 e. The first-order valence-corrected chi connectivity index (χ1v) is 11.5. The van der Waals surface area contributed by atoms with Crippen LogP contribution in [0, 0.1) is 11.6 Å². The van der Waals surface area contributed by atoms with Crippen LogP contribution in [-0.4, -0.2) is 71.6 Å². The van der Waals surface area contributed by atoms with Gasteiger partial charge in [0.15, 0.2) is 0 Å². The second kappa shape index (κ2) is 9.69. The van der Waals surface area contributed by atoms with Gasteiger partial charge in [-0.25, -0.2) is 18.2 Å². The first-order valence-electron chi connectivity index (χ1n) is 11.5. The highest BCUT2D eigenvalue weighted by molar-refractivity contribution is 6.12. The van der Waals surface area contributed by atoms with Gasteiger partial charge in [0.25, 0.3) is 0 Å². The molecule has 1 N–H and O–H groups in total. The number of hydrogen-bond acceptors (Lipinski definition) is 9. The number of aliphatic imine (C=N–C) groups is 2. The molecule has 12 heteroatoms. The molecule has 3 atom stereocenters. The maximum atomic E-state index is 14.6. The number of hydrogen-bond donors (Lipinski definition) is 1. The average Bonchev–Trinajstić information content (AvgIpc) is 3.61. The molecule has 0 amide bonds. The van der Waals surface area contributed by atoms with Crippen LogP contribution in [0.5, 0.6) is 0 Å². The van der Waals surface area contributed by atoms with Crippen molar-refractivity contribution in [2.24, 2.45) is 9.98 Å². The van der Waals surface area contributed by atoms with Crippen molar-refractivity contribution in [3.05, 3.63) is 59.0 Å². The second-order valence-electron chi connectivity index (χ2n) is 8.72. The van der Waals surface area contributed by atoms with Crippen molar-refractivity contribution in [2.75, 3.05) is 36.5 Å². The first-order chi connectivity index (χ1) is 17.4. The van der Waals surface area contributed by atoms with Gasteiger partial charge in [-0.05, 0) is 43.5 Å². The first kappa shape index (κ1) is 23.9. The molecule has 4 heterocycles. The topological polar surface area (TPSA) is 103 Å². The van der Waals surface area contributed by atoms with Gasteiger partial charge < -0.3 is 19.4 Å². The van der Waals surface area contributed by atoms with Crippen LogP contribution in [0.15, 0.2) is 44.8 Å². The highest BCUT2D eigenvalue weighted by Gasteiger charge is 2.36. The number of anilines is 2. The summed E-state index contributed by atoms with van der Waals surface area (Å²) >= 11 is 0. The lowest BCUT2D eigenvalue weighted by atomic mass is 10.0. The summed E-state index contributed by atoms with van der Waals surface area (Å²) in [6.07, 6.45) is -1.14. The highest BCUT2D eigenvalue weighted by atomic mass is 19.1.